The number of carbonyl (C=O) groups is 5. The van der Waals surface area contributed by atoms with E-state index in [9.17, 15) is 37.1 Å². The van der Waals surface area contributed by atoms with Crippen LogP contribution in [0, 0.1) is 53.0 Å². The highest BCUT2D eigenvalue weighted by molar-refractivity contribution is 9.10. The van der Waals surface area contributed by atoms with E-state index >= 15 is 0 Å². The number of rotatable bonds is 26. The van der Waals surface area contributed by atoms with E-state index in [1.54, 1.807) is 18.2 Å². The molecule has 590 valence electrons. The maximum atomic E-state index is 13.7. The van der Waals surface area contributed by atoms with E-state index in [0.29, 0.717) is 54.4 Å². The second-order valence-electron chi connectivity index (χ2n) is 32.1. The Hall–Kier alpha value is -5.07. The van der Waals surface area contributed by atoms with Crippen molar-refractivity contribution in [3.8, 4) is 0 Å². The molecular formula is C88H120BrCl5F3N5O5. The third kappa shape index (κ3) is 29.2. The summed E-state index contributed by atoms with van der Waals surface area (Å²) in [7, 11) is 0. The number of ketones is 5. The van der Waals surface area contributed by atoms with Crippen molar-refractivity contribution in [2.24, 2.45) is 58.4 Å². The fourth-order valence-corrected chi connectivity index (χ4v) is 14.7. The van der Waals surface area contributed by atoms with Crippen LogP contribution in [0.15, 0.2) is 144 Å². The van der Waals surface area contributed by atoms with Crippen molar-refractivity contribution in [3.05, 3.63) is 220 Å². The van der Waals surface area contributed by atoms with Crippen molar-refractivity contribution >= 4 is 103 Å². The third-order valence-electron chi connectivity index (χ3n) is 19.9. The topological polar surface area (TPSA) is 201 Å². The molecule has 1 aliphatic carbocycles. The lowest BCUT2D eigenvalue weighted by Crippen LogP contribution is -2.40. The molecule has 0 amide bonds. The number of carbonyl (C=O) groups excluding carboxylic acids is 5. The van der Waals surface area contributed by atoms with Gasteiger partial charge in [-0.3, -0.25) is 24.0 Å². The fourth-order valence-electron chi connectivity index (χ4n) is 13.9. The first kappa shape index (κ1) is 96.1. The maximum Gasteiger partial charge on any atom is 0.145 e. The van der Waals surface area contributed by atoms with Crippen LogP contribution in [0.3, 0.4) is 0 Å². The molecule has 8 rings (SSSR count). The van der Waals surface area contributed by atoms with Gasteiger partial charge in [0.05, 0.1) is 25.9 Å². The zero-order valence-corrected chi connectivity index (χ0v) is 71.5. The summed E-state index contributed by atoms with van der Waals surface area (Å²) in [4.78, 5) is 61.7. The predicted octanol–water partition coefficient (Wildman–Crippen LogP) is 22.8. The molecule has 0 radical (unpaired) electrons. The van der Waals surface area contributed by atoms with Crippen molar-refractivity contribution in [1.29, 1.82) is 0 Å². The standard InChI is InChI=1S/C16H20ClFO.2C15H21ClFNO.C15H20ClN.C14H20ClNO.C13H18BrNO/c1-11(2)15(19)16(8-4-3-5-9-16)12-6-7-13(17)14(18)10-12;2*1-9(2)14(19)11(8-15(3,4)18)10-5-6-12(16)13(17)7-10;1-11(2)12(3)15(8-9-17-10-15)13-4-6-14(16)7-5-13;1-10(2)13(17)14(3,8-9-16)11-4-6-12(15)7-5-11;1-9(2)13(16)12(7-8-15)10-3-5-11(14)6-4-10/h6-7,10-11H,3-5,8-9H2,1-2H3;2*5-7,9,11H,8,18H2,1-4H3;4-7,11,17H,3,8-10H2,1-2H3;4-7,10H,8-9,16H2,1-3H3;3-6,9,12H,7-8,15H2,1-2H3/t;11-;;;;/m.1..../s1. The van der Waals surface area contributed by atoms with Gasteiger partial charge in [0.2, 0.25) is 0 Å². The SMILES string of the molecule is C=C(C(C)C)C1(c2ccc(Cl)cc2)CCNC1.CC(C)C(=O)C(C)(CCN)c1ccc(Cl)cc1.CC(C)C(=O)C(CC(C)(C)N)c1ccc(Cl)c(F)c1.CC(C)C(=O)C(CCN)c1ccc(Br)cc1.CC(C)C(=O)C1(c2ccc(Cl)c(F)c2)CCCCC1.CC(C)C(=O)[C@H](CC(C)(C)N)c1ccc(Cl)c(F)c1. The Balaban J connectivity index is 0.000000333. The van der Waals surface area contributed by atoms with Crippen LogP contribution in [0.5, 0.6) is 0 Å². The number of nitrogens with one attached hydrogen (secondary N) is 1. The summed E-state index contributed by atoms with van der Waals surface area (Å²) >= 11 is 32.3. The molecule has 107 heavy (non-hydrogen) atoms. The molecule has 19 heteroatoms. The molecule has 0 bridgehead atoms. The number of benzene rings is 6. The summed E-state index contributed by atoms with van der Waals surface area (Å²) in [5.74, 6) is -1.13. The first-order valence-electron chi connectivity index (χ1n) is 37.4. The number of hydrogen-bond acceptors (Lipinski definition) is 10. The second-order valence-corrected chi connectivity index (χ2v) is 35.1. The fraction of sp³-hybridized carbons (Fsp3) is 0.511. The maximum absolute atomic E-state index is 13.7. The lowest BCUT2D eigenvalue weighted by atomic mass is 9.64. The molecule has 6 aromatic rings. The summed E-state index contributed by atoms with van der Waals surface area (Å²) in [5, 5.41) is 5.19. The van der Waals surface area contributed by atoms with Crippen LogP contribution in [-0.2, 0) is 40.2 Å². The molecular weight excluding hydrogens is 1520 g/mol. The van der Waals surface area contributed by atoms with Crippen LogP contribution in [0.2, 0.25) is 25.1 Å². The monoisotopic (exact) mass is 1640 g/mol. The molecule has 1 saturated carbocycles. The van der Waals surface area contributed by atoms with Gasteiger partial charge in [-0.1, -0.05) is 243 Å². The van der Waals surface area contributed by atoms with E-state index in [0.717, 1.165) is 84.2 Å². The van der Waals surface area contributed by atoms with Crippen molar-refractivity contribution in [2.45, 2.75) is 227 Å². The minimum Gasteiger partial charge on any atom is -0.330 e. The van der Waals surface area contributed by atoms with E-state index in [-0.39, 0.29) is 84.9 Å². The molecule has 0 aromatic heterocycles. The Bertz CT molecular complexity index is 3740. The number of Topliss-reactive ketones (excluding diaryl/α,β-unsaturated/α-hetero) is 5. The van der Waals surface area contributed by atoms with E-state index in [1.165, 1.54) is 41.5 Å². The Morgan fingerprint density at radius 3 is 1.24 bits per heavy atom. The van der Waals surface area contributed by atoms with E-state index in [2.05, 4.69) is 53.8 Å². The highest BCUT2D eigenvalue weighted by atomic mass is 79.9. The van der Waals surface area contributed by atoms with Crippen molar-refractivity contribution in [1.82, 2.24) is 5.32 Å². The Kier molecular flexibility index (Phi) is 39.8. The van der Waals surface area contributed by atoms with Crippen LogP contribution in [-0.4, -0.2) is 66.2 Å². The zero-order chi connectivity index (χ0) is 81.3. The molecule has 4 unspecified atom stereocenters. The smallest absolute Gasteiger partial charge is 0.145 e. The second kappa shape index (κ2) is 44.2. The van der Waals surface area contributed by atoms with E-state index < -0.39 is 51.2 Å². The molecule has 2 fully saturated rings. The summed E-state index contributed by atoms with van der Waals surface area (Å²) in [5.41, 5.74) is 28.1. The van der Waals surface area contributed by atoms with E-state index in [1.807, 2.05) is 171 Å². The zero-order valence-electron chi connectivity index (χ0n) is 66.2. The minimum atomic E-state index is -0.506. The summed E-state index contributed by atoms with van der Waals surface area (Å²) in [6.45, 7) is 40.2. The third-order valence-corrected chi connectivity index (χ3v) is 21.8. The number of nitrogens with two attached hydrogens (primary N) is 4. The van der Waals surface area contributed by atoms with Gasteiger partial charge in [-0.05, 0) is 211 Å². The molecule has 1 aliphatic heterocycles. The molecule has 5 atom stereocenters. The predicted molar refractivity (Wildman–Crippen MR) is 447 cm³/mol. The van der Waals surface area contributed by atoms with Gasteiger partial charge >= 0.3 is 0 Å². The quantitative estimate of drug-likeness (QED) is 0.0325. The van der Waals surface area contributed by atoms with Crippen LogP contribution >= 0.6 is 73.9 Å². The van der Waals surface area contributed by atoms with Gasteiger partial charge < -0.3 is 28.3 Å². The normalized spacial score (nSPS) is 16.3. The molecule has 1 saturated heterocycles. The van der Waals surface area contributed by atoms with Crippen molar-refractivity contribution in [3.63, 3.8) is 0 Å². The van der Waals surface area contributed by atoms with Crippen molar-refractivity contribution < 1.29 is 37.1 Å². The lowest BCUT2D eigenvalue weighted by Gasteiger charge is -2.37. The van der Waals surface area contributed by atoms with Gasteiger partial charge in [0, 0.05) is 84.9 Å². The highest BCUT2D eigenvalue weighted by Gasteiger charge is 2.43. The van der Waals surface area contributed by atoms with Gasteiger partial charge in [-0.15, -0.1) is 0 Å². The Labute approximate surface area is 672 Å². The van der Waals surface area contributed by atoms with Crippen LogP contribution in [0.1, 0.15) is 233 Å². The minimum absolute atomic E-state index is 0.00206. The first-order chi connectivity index (χ1) is 49.7. The number of halogens is 9. The Morgan fingerprint density at radius 1 is 0.486 bits per heavy atom. The summed E-state index contributed by atoms with van der Waals surface area (Å²) < 4.78 is 41.9. The van der Waals surface area contributed by atoms with Crippen LogP contribution < -0.4 is 28.3 Å². The molecule has 6 aromatic carbocycles. The first-order valence-corrected chi connectivity index (χ1v) is 40.1. The molecule has 0 spiro atoms. The Morgan fingerprint density at radius 2 is 0.888 bits per heavy atom. The van der Waals surface area contributed by atoms with Gasteiger partial charge in [0.1, 0.15) is 46.4 Å². The molecule has 10 nitrogen and oxygen atoms in total. The molecule has 1 heterocycles. The average Bonchev–Trinajstić information content (AvgIpc) is 1.70. The lowest BCUT2D eigenvalue weighted by molar-refractivity contribution is -0.129. The van der Waals surface area contributed by atoms with Crippen LogP contribution in [0.4, 0.5) is 13.2 Å². The number of hydrogen-bond donors (Lipinski definition) is 5. The van der Waals surface area contributed by atoms with Gasteiger partial charge in [0.25, 0.3) is 0 Å². The van der Waals surface area contributed by atoms with Gasteiger partial charge in [-0.2, -0.15) is 0 Å². The van der Waals surface area contributed by atoms with Gasteiger partial charge in [0.15, 0.2) is 0 Å². The van der Waals surface area contributed by atoms with Crippen LogP contribution in [0.25, 0.3) is 0 Å². The molecule has 9 N–H and O–H groups in total. The van der Waals surface area contributed by atoms with Gasteiger partial charge in [-0.25, -0.2) is 13.2 Å². The largest absolute Gasteiger partial charge is 0.330 e. The van der Waals surface area contributed by atoms with E-state index in [4.69, 9.17) is 80.9 Å². The summed E-state index contributed by atoms with van der Waals surface area (Å²) in [6, 6.07) is 37.5. The van der Waals surface area contributed by atoms with Crippen molar-refractivity contribution in [2.75, 3.05) is 26.2 Å². The average molecular weight is 1640 g/mol. The summed E-state index contributed by atoms with van der Waals surface area (Å²) in [6.07, 6.45) is 8.33. The highest BCUT2D eigenvalue weighted by Crippen LogP contribution is 2.44. The molecule has 2 aliphatic rings.